The molecular weight excluding hydrogens is 289 g/mol. The lowest BCUT2D eigenvalue weighted by Gasteiger charge is -2.08. The van der Waals surface area contributed by atoms with Gasteiger partial charge in [-0.25, -0.2) is 4.79 Å². The molecule has 0 radical (unpaired) electrons. The lowest BCUT2D eigenvalue weighted by Crippen LogP contribution is -2.18. The molecular formula is C10H10ClF3N2O3. The largest absolute Gasteiger partial charge is 0.461 e. The Balaban J connectivity index is 2.99. The fourth-order valence-corrected chi connectivity index (χ4v) is 1.38. The summed E-state index contributed by atoms with van der Waals surface area (Å²) in [7, 11) is 0. The third-order valence-electron chi connectivity index (χ3n) is 2.07. The van der Waals surface area contributed by atoms with Crippen molar-refractivity contribution < 1.29 is 27.5 Å². The first-order chi connectivity index (χ1) is 8.74. The third kappa shape index (κ3) is 4.55. The van der Waals surface area contributed by atoms with Gasteiger partial charge in [0, 0.05) is 6.07 Å². The summed E-state index contributed by atoms with van der Waals surface area (Å²) >= 11 is 5.17. The summed E-state index contributed by atoms with van der Waals surface area (Å²) in [4.78, 5) is 22.4. The molecule has 0 aliphatic heterocycles. The van der Waals surface area contributed by atoms with E-state index in [1.807, 2.05) is 0 Å². The van der Waals surface area contributed by atoms with Crippen molar-refractivity contribution in [2.75, 3.05) is 6.61 Å². The Kier molecular flexibility index (Phi) is 4.93. The van der Waals surface area contributed by atoms with Gasteiger partial charge in [-0.2, -0.15) is 18.3 Å². The van der Waals surface area contributed by atoms with Crippen molar-refractivity contribution in [3.8, 4) is 0 Å². The van der Waals surface area contributed by atoms with Crippen LogP contribution >= 0.6 is 11.6 Å². The van der Waals surface area contributed by atoms with Crippen LogP contribution in [0.5, 0.6) is 0 Å². The van der Waals surface area contributed by atoms with Crippen LogP contribution in [0.15, 0.2) is 6.07 Å². The Morgan fingerprint density at radius 1 is 1.47 bits per heavy atom. The van der Waals surface area contributed by atoms with Gasteiger partial charge in [0.1, 0.15) is 11.4 Å². The minimum absolute atomic E-state index is 0.0490. The molecule has 106 valence electrons. The molecule has 0 spiro atoms. The van der Waals surface area contributed by atoms with Gasteiger partial charge in [-0.3, -0.25) is 9.48 Å². The van der Waals surface area contributed by atoms with Gasteiger partial charge >= 0.3 is 12.1 Å². The summed E-state index contributed by atoms with van der Waals surface area (Å²) in [6.45, 7) is 0.997. The molecule has 1 aromatic heterocycles. The molecule has 0 aliphatic carbocycles. The second-order valence-electron chi connectivity index (χ2n) is 3.50. The standard InChI is InChI=1S/C10H10ClF3N2O3/c1-2-19-9(18)7-5-6(8(11)17)15-16(7)4-3-10(12,13)14/h5H,2-4H2,1H3. The SMILES string of the molecule is CCOC(=O)c1cc(C(=O)Cl)nn1CCC(F)(F)F. The lowest BCUT2D eigenvalue weighted by atomic mass is 10.3. The first kappa shape index (κ1) is 15.5. The molecule has 0 fully saturated rings. The fraction of sp³-hybridized carbons (Fsp3) is 0.500. The van der Waals surface area contributed by atoms with Crippen molar-refractivity contribution in [1.82, 2.24) is 9.78 Å². The molecule has 0 atom stereocenters. The van der Waals surface area contributed by atoms with Gasteiger partial charge < -0.3 is 4.74 Å². The van der Waals surface area contributed by atoms with E-state index in [0.29, 0.717) is 0 Å². The van der Waals surface area contributed by atoms with Crippen molar-refractivity contribution in [2.24, 2.45) is 0 Å². The first-order valence-corrected chi connectivity index (χ1v) is 5.64. The Morgan fingerprint density at radius 2 is 2.11 bits per heavy atom. The smallest absolute Gasteiger partial charge is 0.390 e. The molecule has 0 saturated heterocycles. The number of hydrogen-bond donors (Lipinski definition) is 0. The molecule has 9 heteroatoms. The highest BCUT2D eigenvalue weighted by molar-refractivity contribution is 6.67. The first-order valence-electron chi connectivity index (χ1n) is 5.26. The van der Waals surface area contributed by atoms with Crippen LogP contribution in [0, 0.1) is 0 Å². The number of rotatable bonds is 5. The number of halogens is 4. The topological polar surface area (TPSA) is 61.2 Å². The molecule has 0 aliphatic rings. The molecule has 1 aromatic rings. The Bertz CT molecular complexity index is 485. The maximum atomic E-state index is 12.1. The minimum atomic E-state index is -4.40. The second kappa shape index (κ2) is 6.05. The highest BCUT2D eigenvalue weighted by atomic mass is 35.5. The number of ether oxygens (including phenoxy) is 1. The van der Waals surface area contributed by atoms with Gasteiger partial charge in [0.15, 0.2) is 0 Å². The molecule has 0 saturated carbocycles. The van der Waals surface area contributed by atoms with Gasteiger partial charge in [0.2, 0.25) is 0 Å². The summed E-state index contributed by atoms with van der Waals surface area (Å²) in [5.41, 5.74) is -0.540. The predicted molar refractivity (Wildman–Crippen MR) is 59.0 cm³/mol. The van der Waals surface area contributed by atoms with Crippen LogP contribution < -0.4 is 0 Å². The van der Waals surface area contributed by atoms with E-state index in [9.17, 15) is 22.8 Å². The predicted octanol–water partition coefficient (Wildman–Crippen LogP) is 2.39. The van der Waals surface area contributed by atoms with Crippen molar-refractivity contribution in [3.63, 3.8) is 0 Å². The number of aryl methyl sites for hydroxylation is 1. The van der Waals surface area contributed by atoms with E-state index in [4.69, 9.17) is 11.6 Å². The monoisotopic (exact) mass is 298 g/mol. The van der Waals surface area contributed by atoms with Crippen LogP contribution in [0.4, 0.5) is 13.2 Å². The average molecular weight is 299 g/mol. The summed E-state index contributed by atoms with van der Waals surface area (Å²) in [6.07, 6.45) is -5.58. The highest BCUT2D eigenvalue weighted by Gasteiger charge is 2.28. The van der Waals surface area contributed by atoms with E-state index in [1.165, 1.54) is 0 Å². The summed E-state index contributed by atoms with van der Waals surface area (Å²) in [5.74, 6) is -0.860. The summed E-state index contributed by atoms with van der Waals surface area (Å²) in [6, 6.07) is 1.00. The molecule has 0 amide bonds. The van der Waals surface area contributed by atoms with Gasteiger partial charge in [-0.1, -0.05) is 0 Å². The molecule has 0 bridgehead atoms. The molecule has 0 aromatic carbocycles. The van der Waals surface area contributed by atoms with E-state index >= 15 is 0 Å². The summed E-state index contributed by atoms with van der Waals surface area (Å²) in [5, 5.41) is 2.59. The maximum Gasteiger partial charge on any atom is 0.390 e. The van der Waals surface area contributed by atoms with Crippen molar-refractivity contribution in [3.05, 3.63) is 17.5 Å². The molecule has 19 heavy (non-hydrogen) atoms. The quantitative estimate of drug-likeness (QED) is 0.618. The fourth-order valence-electron chi connectivity index (χ4n) is 1.29. The van der Waals surface area contributed by atoms with Gasteiger partial charge in [-0.05, 0) is 18.5 Å². The Labute approximate surface area is 111 Å². The number of carbonyl (C=O) groups is 2. The van der Waals surface area contributed by atoms with E-state index < -0.39 is 30.4 Å². The van der Waals surface area contributed by atoms with Crippen LogP contribution in [0.2, 0.25) is 0 Å². The lowest BCUT2D eigenvalue weighted by molar-refractivity contribution is -0.137. The van der Waals surface area contributed by atoms with E-state index in [-0.39, 0.29) is 18.0 Å². The van der Waals surface area contributed by atoms with Gasteiger partial charge in [-0.15, -0.1) is 0 Å². The average Bonchev–Trinajstić information content (AvgIpc) is 2.70. The third-order valence-corrected chi connectivity index (χ3v) is 2.27. The number of carbonyl (C=O) groups excluding carboxylic acids is 2. The van der Waals surface area contributed by atoms with Gasteiger partial charge in [0.05, 0.1) is 19.6 Å². The molecule has 0 unspecified atom stereocenters. The number of aromatic nitrogens is 2. The molecule has 0 N–H and O–H groups in total. The van der Waals surface area contributed by atoms with Crippen LogP contribution in [0.1, 0.15) is 34.3 Å². The van der Waals surface area contributed by atoms with Crippen molar-refractivity contribution in [1.29, 1.82) is 0 Å². The van der Waals surface area contributed by atoms with E-state index in [1.54, 1.807) is 6.92 Å². The Morgan fingerprint density at radius 3 is 2.58 bits per heavy atom. The number of alkyl halides is 3. The zero-order valence-corrected chi connectivity index (χ0v) is 10.6. The van der Waals surface area contributed by atoms with E-state index in [2.05, 4.69) is 9.84 Å². The highest BCUT2D eigenvalue weighted by Crippen LogP contribution is 2.21. The maximum absolute atomic E-state index is 12.1. The number of esters is 1. The second-order valence-corrected chi connectivity index (χ2v) is 3.84. The molecule has 5 nitrogen and oxygen atoms in total. The van der Waals surface area contributed by atoms with Crippen LogP contribution in [-0.4, -0.2) is 33.8 Å². The molecule has 1 heterocycles. The van der Waals surface area contributed by atoms with Crippen molar-refractivity contribution in [2.45, 2.75) is 26.1 Å². The minimum Gasteiger partial charge on any atom is -0.461 e. The van der Waals surface area contributed by atoms with Crippen LogP contribution in [0.25, 0.3) is 0 Å². The number of nitrogens with zero attached hydrogens (tertiary/aromatic N) is 2. The zero-order valence-electron chi connectivity index (χ0n) is 9.83. The molecule has 1 rings (SSSR count). The summed E-state index contributed by atoms with van der Waals surface area (Å²) < 4.78 is 41.8. The van der Waals surface area contributed by atoms with Crippen molar-refractivity contribution >= 4 is 22.8 Å². The van der Waals surface area contributed by atoms with Gasteiger partial charge in [0.25, 0.3) is 5.24 Å². The van der Waals surface area contributed by atoms with Crippen LogP contribution in [-0.2, 0) is 11.3 Å². The Hall–Kier alpha value is -1.57. The zero-order chi connectivity index (χ0) is 14.6. The normalized spacial score (nSPS) is 11.4. The number of hydrogen-bond acceptors (Lipinski definition) is 4. The van der Waals surface area contributed by atoms with Crippen LogP contribution in [0.3, 0.4) is 0 Å². The van der Waals surface area contributed by atoms with E-state index in [0.717, 1.165) is 10.7 Å².